The number of anilines is 1. The number of amides is 3. The van der Waals surface area contributed by atoms with Crippen LogP contribution >= 0.6 is 0 Å². The third-order valence-corrected chi connectivity index (χ3v) is 4.59. The lowest BCUT2D eigenvalue weighted by atomic mass is 9.87. The fourth-order valence-corrected chi connectivity index (χ4v) is 3.10. The second-order valence-corrected chi connectivity index (χ2v) is 6.83. The van der Waals surface area contributed by atoms with E-state index in [0.717, 1.165) is 0 Å². The van der Waals surface area contributed by atoms with Gasteiger partial charge < -0.3 is 20.9 Å². The zero-order valence-corrected chi connectivity index (χ0v) is 17.3. The first-order valence-corrected chi connectivity index (χ1v) is 9.83. The molecule has 32 heavy (non-hydrogen) atoms. The maximum atomic E-state index is 13.0. The van der Waals surface area contributed by atoms with E-state index in [1.807, 2.05) is 6.92 Å². The van der Waals surface area contributed by atoms with Gasteiger partial charge in [0.05, 0.1) is 6.61 Å². The number of ether oxygens (including phenoxy) is 1. The van der Waals surface area contributed by atoms with E-state index >= 15 is 0 Å². The van der Waals surface area contributed by atoms with Crippen molar-refractivity contribution >= 4 is 40.7 Å². The number of rotatable bonds is 7. The highest BCUT2D eigenvalue weighted by atomic mass is 16.5. The molecule has 3 rings (SSSR count). The molecule has 0 saturated heterocycles. The number of nitrogens with two attached hydrogens (primary N) is 1. The second kappa shape index (κ2) is 9.69. The van der Waals surface area contributed by atoms with Crippen molar-refractivity contribution in [2.45, 2.75) is 19.8 Å². The molecule has 0 spiro atoms. The van der Waals surface area contributed by atoms with Crippen LogP contribution in [0.15, 0.2) is 59.1 Å². The van der Waals surface area contributed by atoms with Crippen molar-refractivity contribution < 1.29 is 29.0 Å². The van der Waals surface area contributed by atoms with Crippen LogP contribution in [0.4, 0.5) is 5.69 Å². The van der Waals surface area contributed by atoms with Crippen LogP contribution in [0.25, 0.3) is 5.76 Å². The number of hydrogen-bond acceptors (Lipinski definition) is 6. The molecule has 2 aromatic carbocycles. The molecule has 1 aliphatic rings. The van der Waals surface area contributed by atoms with Gasteiger partial charge in [-0.15, -0.1) is 0 Å². The topological polar surface area (TPSA) is 148 Å². The number of Topliss-reactive ketones (excluding diaryl/α,β-unsaturated/α-hetero) is 1. The molecule has 4 N–H and O–H groups in total. The van der Waals surface area contributed by atoms with Crippen LogP contribution in [0.5, 0.6) is 5.75 Å². The molecular weight excluding hydrogens is 414 g/mol. The van der Waals surface area contributed by atoms with Crippen LogP contribution in [-0.4, -0.2) is 40.9 Å². The van der Waals surface area contributed by atoms with Crippen molar-refractivity contribution in [3.63, 3.8) is 0 Å². The number of benzene rings is 2. The molecule has 9 nitrogen and oxygen atoms in total. The largest absolute Gasteiger partial charge is 0.506 e. The van der Waals surface area contributed by atoms with Gasteiger partial charge in [0.1, 0.15) is 22.8 Å². The highest BCUT2D eigenvalue weighted by molar-refractivity contribution is 6.60. The molecule has 3 amide bonds. The molecule has 2 aromatic rings. The molecule has 0 atom stereocenters. The lowest BCUT2D eigenvalue weighted by Crippen LogP contribution is -2.32. The third-order valence-electron chi connectivity index (χ3n) is 4.59. The minimum Gasteiger partial charge on any atom is -0.506 e. The van der Waals surface area contributed by atoms with Gasteiger partial charge in [-0.3, -0.25) is 19.2 Å². The van der Waals surface area contributed by atoms with E-state index in [0.29, 0.717) is 18.0 Å². The average Bonchev–Trinajstić information content (AvgIpc) is 2.77. The number of carbonyl (C=O) groups excluding carboxylic acids is 4. The standard InChI is InChI=1S/C23H21N3O6/c1-2-32-14-9-7-13(8-10-14)25-23(31)19-20(26-18(28)12-11-17(24)27)22(30)16-6-4-3-5-15(16)21(19)29/h3-10,29H,2,11-12H2,1H3,(H2,24,27)(H,25,31). The third kappa shape index (κ3) is 4.89. The van der Waals surface area contributed by atoms with E-state index in [2.05, 4.69) is 10.3 Å². The molecule has 0 unspecified atom stereocenters. The van der Waals surface area contributed by atoms with Gasteiger partial charge in [0.25, 0.3) is 5.91 Å². The number of carbonyl (C=O) groups is 4. The first kappa shape index (κ1) is 22.4. The molecule has 1 aliphatic carbocycles. The van der Waals surface area contributed by atoms with Gasteiger partial charge in [-0.05, 0) is 31.2 Å². The van der Waals surface area contributed by atoms with Gasteiger partial charge in [0.15, 0.2) is 0 Å². The Labute approximate surface area is 183 Å². The molecular formula is C23H21N3O6. The molecule has 0 fully saturated rings. The fourth-order valence-electron chi connectivity index (χ4n) is 3.10. The highest BCUT2D eigenvalue weighted by Gasteiger charge is 2.35. The zero-order valence-electron chi connectivity index (χ0n) is 17.3. The number of fused-ring (bicyclic) bond motifs is 1. The molecule has 0 aromatic heterocycles. The summed E-state index contributed by atoms with van der Waals surface area (Å²) >= 11 is 0. The summed E-state index contributed by atoms with van der Waals surface area (Å²) in [5, 5.41) is 13.4. The number of nitrogens with one attached hydrogen (secondary N) is 1. The Kier molecular flexibility index (Phi) is 6.79. The van der Waals surface area contributed by atoms with Crippen LogP contribution in [0.2, 0.25) is 0 Å². The van der Waals surface area contributed by atoms with Gasteiger partial charge in [-0.25, -0.2) is 4.99 Å². The number of aliphatic hydroxyl groups is 1. The number of aliphatic hydroxyl groups excluding tert-OH is 1. The average molecular weight is 435 g/mol. The van der Waals surface area contributed by atoms with E-state index in [4.69, 9.17) is 10.5 Å². The van der Waals surface area contributed by atoms with E-state index in [9.17, 15) is 24.3 Å². The number of nitrogens with zero attached hydrogens (tertiary/aromatic N) is 1. The van der Waals surface area contributed by atoms with Crippen LogP contribution in [0, 0.1) is 0 Å². The van der Waals surface area contributed by atoms with Crippen molar-refractivity contribution in [1.29, 1.82) is 0 Å². The molecule has 0 radical (unpaired) electrons. The summed E-state index contributed by atoms with van der Waals surface area (Å²) in [6, 6.07) is 12.6. The van der Waals surface area contributed by atoms with Gasteiger partial charge in [0.2, 0.25) is 17.6 Å². The monoisotopic (exact) mass is 435 g/mol. The van der Waals surface area contributed by atoms with E-state index in [1.165, 1.54) is 12.1 Å². The van der Waals surface area contributed by atoms with Crippen molar-refractivity contribution in [1.82, 2.24) is 0 Å². The van der Waals surface area contributed by atoms with E-state index < -0.39 is 40.5 Å². The first-order chi connectivity index (χ1) is 15.3. The predicted molar refractivity (Wildman–Crippen MR) is 117 cm³/mol. The van der Waals surface area contributed by atoms with Gasteiger partial charge in [0, 0.05) is 29.7 Å². The summed E-state index contributed by atoms with van der Waals surface area (Å²) in [5.41, 5.74) is 4.74. The molecule has 0 aliphatic heterocycles. The van der Waals surface area contributed by atoms with Crippen LogP contribution in [0.1, 0.15) is 35.7 Å². The van der Waals surface area contributed by atoms with Crippen molar-refractivity contribution in [3.05, 3.63) is 65.2 Å². The van der Waals surface area contributed by atoms with Gasteiger partial charge in [-0.1, -0.05) is 24.3 Å². The Morgan fingerprint density at radius 3 is 2.31 bits per heavy atom. The fraction of sp³-hybridized carbons (Fsp3) is 0.174. The smallest absolute Gasteiger partial charge is 0.261 e. The van der Waals surface area contributed by atoms with Crippen molar-refractivity contribution in [2.24, 2.45) is 10.7 Å². The maximum Gasteiger partial charge on any atom is 0.261 e. The van der Waals surface area contributed by atoms with Gasteiger partial charge >= 0.3 is 0 Å². The predicted octanol–water partition coefficient (Wildman–Crippen LogP) is 2.42. The number of hydrogen-bond donors (Lipinski definition) is 3. The Balaban J connectivity index is 1.99. The highest BCUT2D eigenvalue weighted by Crippen LogP contribution is 2.29. The first-order valence-electron chi connectivity index (χ1n) is 9.83. The number of primary amides is 1. The van der Waals surface area contributed by atoms with Crippen LogP contribution < -0.4 is 15.8 Å². The Morgan fingerprint density at radius 2 is 1.69 bits per heavy atom. The quantitative estimate of drug-likeness (QED) is 0.608. The van der Waals surface area contributed by atoms with Crippen molar-refractivity contribution in [3.8, 4) is 5.75 Å². The molecule has 9 heteroatoms. The molecule has 164 valence electrons. The van der Waals surface area contributed by atoms with Crippen LogP contribution in [0.3, 0.4) is 0 Å². The van der Waals surface area contributed by atoms with E-state index in [-0.39, 0.29) is 24.0 Å². The summed E-state index contributed by atoms with van der Waals surface area (Å²) in [4.78, 5) is 52.9. The molecule has 0 bridgehead atoms. The maximum absolute atomic E-state index is 13.0. The zero-order chi connectivity index (χ0) is 23.3. The summed E-state index contributed by atoms with van der Waals surface area (Å²) in [6.45, 7) is 2.33. The summed E-state index contributed by atoms with van der Waals surface area (Å²) in [5.74, 6) is -2.91. The number of aliphatic imine (C=N–C) groups is 1. The van der Waals surface area contributed by atoms with Crippen LogP contribution in [-0.2, 0) is 14.4 Å². The minimum absolute atomic E-state index is 0.101. The van der Waals surface area contributed by atoms with E-state index in [1.54, 1.807) is 36.4 Å². The molecule has 0 heterocycles. The summed E-state index contributed by atoms with van der Waals surface area (Å²) < 4.78 is 5.36. The summed E-state index contributed by atoms with van der Waals surface area (Å²) in [6.07, 6.45) is -0.591. The summed E-state index contributed by atoms with van der Waals surface area (Å²) in [7, 11) is 0. The Bertz CT molecular complexity index is 1150. The lowest BCUT2D eigenvalue weighted by Gasteiger charge is -2.20. The normalized spacial score (nSPS) is 14.2. The Hall–Kier alpha value is -4.27. The van der Waals surface area contributed by atoms with Gasteiger partial charge in [-0.2, -0.15) is 0 Å². The minimum atomic E-state index is -0.823. The van der Waals surface area contributed by atoms with Crippen molar-refractivity contribution in [2.75, 3.05) is 11.9 Å². The SMILES string of the molecule is CCOc1ccc(NC(=O)C2=C(O)c3ccccc3C(=O)C2=NC(=O)CCC(N)=O)cc1. The second-order valence-electron chi connectivity index (χ2n) is 6.83. The molecule has 0 saturated carbocycles. The number of ketones is 1. The lowest BCUT2D eigenvalue weighted by molar-refractivity contribution is -0.123. The Morgan fingerprint density at radius 1 is 1.03 bits per heavy atom.